The zero-order valence-electron chi connectivity index (χ0n) is 16.7. The maximum absolute atomic E-state index is 13.6. The van der Waals surface area contributed by atoms with Crippen LogP contribution in [0.2, 0.25) is 5.02 Å². The first kappa shape index (κ1) is 20.2. The number of hydrogen-bond donors (Lipinski definition) is 2. The molecule has 1 fully saturated rings. The number of aromatic nitrogens is 3. The lowest BCUT2D eigenvalue weighted by molar-refractivity contribution is 0.211. The monoisotopic (exact) mass is 442 g/mol. The molecule has 1 aliphatic rings. The van der Waals surface area contributed by atoms with E-state index in [0.717, 1.165) is 61.6 Å². The lowest BCUT2D eigenvalue weighted by Crippen LogP contribution is -2.35. The number of hydrogen-bond acceptors (Lipinski definition) is 3. The van der Waals surface area contributed by atoms with Crippen LogP contribution in [0.1, 0.15) is 30.1 Å². The zero-order valence-corrected chi connectivity index (χ0v) is 17.5. The third kappa shape index (κ3) is 3.95. The van der Waals surface area contributed by atoms with Gasteiger partial charge >= 0.3 is 0 Å². The van der Waals surface area contributed by atoms with E-state index in [1.165, 1.54) is 10.9 Å². The number of aromatic amines is 2. The fraction of sp³-hybridized carbons (Fsp3) is 0.304. The molecule has 31 heavy (non-hydrogen) atoms. The van der Waals surface area contributed by atoms with E-state index in [-0.39, 0.29) is 16.8 Å². The zero-order chi connectivity index (χ0) is 21.5. The Morgan fingerprint density at radius 1 is 1.10 bits per heavy atom. The van der Waals surface area contributed by atoms with Crippen LogP contribution < -0.4 is 5.56 Å². The molecule has 2 aromatic heterocycles. The van der Waals surface area contributed by atoms with E-state index in [2.05, 4.69) is 19.9 Å². The summed E-state index contributed by atoms with van der Waals surface area (Å²) in [6, 6.07) is 7.79. The van der Waals surface area contributed by atoms with Crippen molar-refractivity contribution < 1.29 is 8.78 Å². The highest BCUT2D eigenvalue weighted by molar-refractivity contribution is 6.31. The third-order valence-electron chi connectivity index (χ3n) is 6.17. The van der Waals surface area contributed by atoms with Crippen molar-refractivity contribution in [1.82, 2.24) is 19.9 Å². The number of likely N-dealkylation sites (tertiary alicyclic amines) is 1. The van der Waals surface area contributed by atoms with Gasteiger partial charge < -0.3 is 14.9 Å². The minimum atomic E-state index is -1.04. The highest BCUT2D eigenvalue weighted by Crippen LogP contribution is 2.27. The Morgan fingerprint density at radius 2 is 1.87 bits per heavy atom. The molecule has 0 aliphatic carbocycles. The second-order valence-electron chi connectivity index (χ2n) is 8.10. The standard InChI is InChI=1S/C23H21ClF2N4O/c24-15-1-2-16-14(12-27-20(16)9-15)5-8-30-6-3-13(4-7-30)22-28-21-11-19(26)18(25)10-17(21)23(31)29-22/h1-2,9-13,27H,3-8H2,(H,28,29,31). The Morgan fingerprint density at radius 3 is 2.68 bits per heavy atom. The van der Waals surface area contributed by atoms with Crippen molar-refractivity contribution >= 4 is 33.4 Å². The second-order valence-corrected chi connectivity index (χ2v) is 8.54. The molecule has 1 aliphatic heterocycles. The molecule has 0 radical (unpaired) electrons. The van der Waals surface area contributed by atoms with Crippen molar-refractivity contribution in [3.63, 3.8) is 0 Å². The second kappa shape index (κ2) is 8.05. The normalized spacial score (nSPS) is 15.8. The molecule has 0 saturated carbocycles. The molecular formula is C23H21ClF2N4O. The largest absolute Gasteiger partial charge is 0.361 e. The Kier molecular flexibility index (Phi) is 5.24. The van der Waals surface area contributed by atoms with Gasteiger partial charge in [-0.3, -0.25) is 4.79 Å². The summed E-state index contributed by atoms with van der Waals surface area (Å²) in [5.74, 6) is -1.39. The summed E-state index contributed by atoms with van der Waals surface area (Å²) >= 11 is 6.06. The van der Waals surface area contributed by atoms with Gasteiger partial charge in [-0.25, -0.2) is 13.8 Å². The van der Waals surface area contributed by atoms with Gasteiger partial charge in [0.1, 0.15) is 5.82 Å². The van der Waals surface area contributed by atoms with Gasteiger partial charge in [0.15, 0.2) is 11.6 Å². The fourth-order valence-electron chi connectivity index (χ4n) is 4.42. The molecule has 0 atom stereocenters. The van der Waals surface area contributed by atoms with Crippen LogP contribution in [0, 0.1) is 11.6 Å². The third-order valence-corrected chi connectivity index (χ3v) is 6.40. The van der Waals surface area contributed by atoms with Crippen molar-refractivity contribution in [2.24, 2.45) is 0 Å². The smallest absolute Gasteiger partial charge is 0.258 e. The van der Waals surface area contributed by atoms with Crippen molar-refractivity contribution in [1.29, 1.82) is 0 Å². The summed E-state index contributed by atoms with van der Waals surface area (Å²) < 4.78 is 27.0. The lowest BCUT2D eigenvalue weighted by Gasteiger charge is -2.31. The van der Waals surface area contributed by atoms with Crippen LogP contribution in [0.5, 0.6) is 0 Å². The molecule has 0 unspecified atom stereocenters. The lowest BCUT2D eigenvalue weighted by atomic mass is 9.95. The van der Waals surface area contributed by atoms with Gasteiger partial charge in [-0.2, -0.15) is 0 Å². The number of nitrogens with one attached hydrogen (secondary N) is 2. The molecular weight excluding hydrogens is 422 g/mol. The van der Waals surface area contributed by atoms with Crippen LogP contribution in [0.3, 0.4) is 0 Å². The summed E-state index contributed by atoms with van der Waals surface area (Å²) in [5, 5.41) is 1.98. The van der Waals surface area contributed by atoms with Gasteiger partial charge in [0.25, 0.3) is 5.56 Å². The van der Waals surface area contributed by atoms with Gasteiger partial charge in [-0.05, 0) is 56.1 Å². The van der Waals surface area contributed by atoms with Crippen LogP contribution in [-0.2, 0) is 6.42 Å². The molecule has 5 nitrogen and oxygen atoms in total. The van der Waals surface area contributed by atoms with Gasteiger partial charge in [0.05, 0.1) is 10.9 Å². The fourth-order valence-corrected chi connectivity index (χ4v) is 4.59. The van der Waals surface area contributed by atoms with Crippen LogP contribution >= 0.6 is 11.6 Å². The first-order valence-corrected chi connectivity index (χ1v) is 10.7. The molecule has 2 aromatic carbocycles. The number of nitrogens with zero attached hydrogens (tertiary/aromatic N) is 2. The van der Waals surface area contributed by atoms with E-state index in [4.69, 9.17) is 11.6 Å². The van der Waals surface area contributed by atoms with Crippen LogP contribution in [0.15, 0.2) is 41.3 Å². The van der Waals surface area contributed by atoms with E-state index in [0.29, 0.717) is 5.82 Å². The summed E-state index contributed by atoms with van der Waals surface area (Å²) in [6.45, 7) is 2.71. The quantitative estimate of drug-likeness (QED) is 0.479. The molecule has 8 heteroatoms. The van der Waals surface area contributed by atoms with E-state index in [1.54, 1.807) is 0 Å². The minimum Gasteiger partial charge on any atom is -0.361 e. The van der Waals surface area contributed by atoms with Gasteiger partial charge in [0.2, 0.25) is 0 Å². The highest BCUT2D eigenvalue weighted by Gasteiger charge is 2.23. The van der Waals surface area contributed by atoms with Crippen molar-refractivity contribution in [2.45, 2.75) is 25.2 Å². The Hall–Kier alpha value is -2.77. The predicted octanol–water partition coefficient (Wildman–Crippen LogP) is 4.76. The van der Waals surface area contributed by atoms with Crippen LogP contribution in [0.25, 0.3) is 21.8 Å². The first-order valence-electron chi connectivity index (χ1n) is 10.3. The molecule has 160 valence electrons. The first-order chi connectivity index (χ1) is 15.0. The number of H-pyrrole nitrogens is 2. The predicted molar refractivity (Wildman–Crippen MR) is 118 cm³/mol. The molecule has 2 N–H and O–H groups in total. The number of fused-ring (bicyclic) bond motifs is 2. The molecule has 0 bridgehead atoms. The average molecular weight is 443 g/mol. The van der Waals surface area contributed by atoms with E-state index < -0.39 is 17.2 Å². The van der Waals surface area contributed by atoms with Crippen LogP contribution in [0.4, 0.5) is 8.78 Å². The maximum Gasteiger partial charge on any atom is 0.258 e. The maximum atomic E-state index is 13.6. The van der Waals surface area contributed by atoms with E-state index in [1.807, 2.05) is 24.4 Å². The summed E-state index contributed by atoms with van der Waals surface area (Å²) in [7, 11) is 0. The number of halogens is 3. The summed E-state index contributed by atoms with van der Waals surface area (Å²) in [6.07, 6.45) is 4.67. The Labute approximate surface area is 182 Å². The van der Waals surface area contributed by atoms with Crippen molar-refractivity contribution in [2.75, 3.05) is 19.6 Å². The molecule has 0 amide bonds. The van der Waals surface area contributed by atoms with E-state index >= 15 is 0 Å². The highest BCUT2D eigenvalue weighted by atomic mass is 35.5. The minimum absolute atomic E-state index is 0.0695. The number of rotatable bonds is 4. The molecule has 0 spiro atoms. The summed E-state index contributed by atoms with van der Waals surface area (Å²) in [4.78, 5) is 25.2. The molecule has 1 saturated heterocycles. The van der Waals surface area contributed by atoms with Crippen LogP contribution in [-0.4, -0.2) is 39.5 Å². The van der Waals surface area contributed by atoms with E-state index in [9.17, 15) is 13.6 Å². The Bertz CT molecular complexity index is 1320. The van der Waals surface area contributed by atoms with Gasteiger partial charge in [0, 0.05) is 40.7 Å². The van der Waals surface area contributed by atoms with Gasteiger partial charge in [-0.15, -0.1) is 0 Å². The molecule has 3 heterocycles. The van der Waals surface area contributed by atoms with Crippen molar-refractivity contribution in [3.05, 3.63) is 74.9 Å². The average Bonchev–Trinajstić information content (AvgIpc) is 3.16. The summed E-state index contributed by atoms with van der Waals surface area (Å²) in [5.41, 5.74) is 2.08. The van der Waals surface area contributed by atoms with Gasteiger partial charge in [-0.1, -0.05) is 17.7 Å². The number of piperidine rings is 1. The molecule has 5 rings (SSSR count). The topological polar surface area (TPSA) is 64.8 Å². The SMILES string of the molecule is O=c1[nH]c(C2CCN(CCc3c[nH]c4cc(Cl)ccc34)CC2)nc2cc(F)c(F)cc12. The Balaban J connectivity index is 1.25. The number of benzene rings is 2. The molecule has 4 aromatic rings. The van der Waals surface area contributed by atoms with Crippen molar-refractivity contribution in [3.8, 4) is 0 Å².